The number of nitrogens with zero attached hydrogens (tertiary/aromatic N) is 4. The van der Waals surface area contributed by atoms with Crippen LogP contribution in [0.15, 0.2) is 47.7 Å². The maximum Gasteiger partial charge on any atom is 0.290 e. The van der Waals surface area contributed by atoms with Crippen LogP contribution in [0.2, 0.25) is 0 Å². The first-order chi connectivity index (χ1) is 14.6. The van der Waals surface area contributed by atoms with Crippen LogP contribution in [0.4, 0.5) is 0 Å². The van der Waals surface area contributed by atoms with Crippen LogP contribution in [0.1, 0.15) is 47.1 Å². The molecular weight excluding hydrogens is 378 g/mol. The van der Waals surface area contributed by atoms with Crippen LogP contribution in [0.3, 0.4) is 0 Å². The lowest BCUT2D eigenvalue weighted by atomic mass is 10.1. The topological polar surface area (TPSA) is 71.2 Å². The molecule has 1 N–H and O–H groups in total. The van der Waals surface area contributed by atoms with Gasteiger partial charge in [0.1, 0.15) is 17.1 Å². The van der Waals surface area contributed by atoms with Gasteiger partial charge in [0.05, 0.1) is 18.5 Å². The van der Waals surface area contributed by atoms with Gasteiger partial charge >= 0.3 is 0 Å². The second-order valence-electron chi connectivity index (χ2n) is 7.62. The molecule has 7 heteroatoms. The minimum absolute atomic E-state index is 0.281. The Morgan fingerprint density at radius 1 is 1.23 bits per heavy atom. The van der Waals surface area contributed by atoms with E-state index in [1.54, 1.807) is 11.5 Å². The zero-order chi connectivity index (χ0) is 21.1. The van der Waals surface area contributed by atoms with E-state index in [1.165, 1.54) is 12.8 Å². The first-order valence-electron chi connectivity index (χ1n) is 10.2. The number of amides is 1. The van der Waals surface area contributed by atoms with Gasteiger partial charge in [-0.25, -0.2) is 10.4 Å². The van der Waals surface area contributed by atoms with Crippen molar-refractivity contribution in [2.45, 2.75) is 33.2 Å². The molecule has 2 aromatic heterocycles. The van der Waals surface area contributed by atoms with Crippen LogP contribution in [-0.2, 0) is 6.54 Å². The fraction of sp³-hybridized carbons (Fsp3) is 0.348. The lowest BCUT2D eigenvalue weighted by Gasteiger charge is -2.17. The lowest BCUT2D eigenvalue weighted by molar-refractivity contribution is 0.0948. The Morgan fingerprint density at radius 3 is 2.80 bits per heavy atom. The maximum absolute atomic E-state index is 12.8. The van der Waals surface area contributed by atoms with Gasteiger partial charge in [-0.3, -0.25) is 14.1 Å². The second kappa shape index (κ2) is 8.67. The molecule has 1 fully saturated rings. The third-order valence-corrected chi connectivity index (χ3v) is 5.54. The molecule has 30 heavy (non-hydrogen) atoms. The fourth-order valence-corrected chi connectivity index (χ4v) is 3.95. The zero-order valence-corrected chi connectivity index (χ0v) is 17.7. The molecule has 1 aromatic carbocycles. The number of aryl methyl sites for hydroxylation is 1. The van der Waals surface area contributed by atoms with Gasteiger partial charge in [0.25, 0.3) is 5.91 Å². The number of fused-ring (bicyclic) bond motifs is 1. The zero-order valence-electron chi connectivity index (χ0n) is 17.7. The van der Waals surface area contributed by atoms with Crippen molar-refractivity contribution < 1.29 is 9.53 Å². The summed E-state index contributed by atoms with van der Waals surface area (Å²) in [6, 6.07) is 11.7. The van der Waals surface area contributed by atoms with Gasteiger partial charge in [-0.15, -0.1) is 0 Å². The largest absolute Gasteiger partial charge is 0.496 e. The molecule has 4 rings (SSSR count). The van der Waals surface area contributed by atoms with Crippen LogP contribution in [-0.4, -0.2) is 46.1 Å². The summed E-state index contributed by atoms with van der Waals surface area (Å²) in [5.74, 6) is 0.597. The molecule has 156 valence electrons. The number of carbonyl (C=O) groups excluding carboxylic acids is 1. The Balaban J connectivity index is 1.54. The number of methoxy groups -OCH3 is 1. The number of hydrogen-bond donors (Lipinski definition) is 1. The van der Waals surface area contributed by atoms with E-state index in [0.717, 1.165) is 47.9 Å². The first kappa shape index (κ1) is 20.1. The average molecular weight is 406 g/mol. The standard InChI is InChI=1S/C23H27N5O2/c1-16(18-9-10-20(30-3)19(14-18)15-27-11-6-7-12-27)25-26-23(29)22-17(2)24-21-8-4-5-13-28(21)22/h4-5,8-10,13-14H,6-7,11-12,15H2,1-3H3,(H,26,29)/b25-16-. The molecule has 0 bridgehead atoms. The molecule has 0 atom stereocenters. The summed E-state index contributed by atoms with van der Waals surface area (Å²) in [6.45, 7) is 6.82. The van der Waals surface area contributed by atoms with Crippen LogP contribution in [0.5, 0.6) is 5.75 Å². The third kappa shape index (κ3) is 4.07. The Morgan fingerprint density at radius 2 is 2.03 bits per heavy atom. The number of rotatable bonds is 6. The molecule has 0 spiro atoms. The van der Waals surface area contributed by atoms with Gasteiger partial charge in [-0.2, -0.15) is 5.10 Å². The summed E-state index contributed by atoms with van der Waals surface area (Å²) in [4.78, 5) is 19.6. The molecule has 3 heterocycles. The number of aromatic nitrogens is 2. The molecule has 3 aromatic rings. The van der Waals surface area contributed by atoms with E-state index in [4.69, 9.17) is 4.74 Å². The summed E-state index contributed by atoms with van der Waals surface area (Å²) in [6.07, 6.45) is 4.32. The number of likely N-dealkylation sites (tertiary alicyclic amines) is 1. The highest BCUT2D eigenvalue weighted by Crippen LogP contribution is 2.24. The van der Waals surface area contributed by atoms with Crippen molar-refractivity contribution in [3.63, 3.8) is 0 Å². The highest BCUT2D eigenvalue weighted by molar-refractivity contribution is 6.01. The average Bonchev–Trinajstić information content (AvgIpc) is 3.38. The fourth-order valence-electron chi connectivity index (χ4n) is 3.95. The second-order valence-corrected chi connectivity index (χ2v) is 7.62. The van der Waals surface area contributed by atoms with E-state index in [1.807, 2.05) is 50.4 Å². The molecule has 0 unspecified atom stereocenters. The van der Waals surface area contributed by atoms with Crippen molar-refractivity contribution in [3.8, 4) is 5.75 Å². The summed E-state index contributed by atoms with van der Waals surface area (Å²) in [7, 11) is 1.70. The minimum atomic E-state index is -0.281. The Kier molecular flexibility index (Phi) is 5.81. The van der Waals surface area contributed by atoms with Crippen LogP contribution in [0.25, 0.3) is 5.65 Å². The van der Waals surface area contributed by atoms with Crippen molar-refractivity contribution in [1.82, 2.24) is 19.7 Å². The van der Waals surface area contributed by atoms with E-state index in [-0.39, 0.29) is 5.91 Å². The predicted molar refractivity (Wildman–Crippen MR) is 117 cm³/mol. The quantitative estimate of drug-likeness (QED) is 0.504. The van der Waals surface area contributed by atoms with E-state index in [2.05, 4.69) is 26.5 Å². The number of nitrogens with one attached hydrogen (secondary N) is 1. The molecule has 1 aliphatic rings. The highest BCUT2D eigenvalue weighted by atomic mass is 16.5. The summed E-state index contributed by atoms with van der Waals surface area (Å²) in [5.41, 5.74) is 7.41. The molecule has 7 nitrogen and oxygen atoms in total. The van der Waals surface area contributed by atoms with Gasteiger partial charge in [0, 0.05) is 18.3 Å². The third-order valence-electron chi connectivity index (χ3n) is 5.54. The van der Waals surface area contributed by atoms with E-state index >= 15 is 0 Å². The number of pyridine rings is 1. The predicted octanol–water partition coefficient (Wildman–Crippen LogP) is 3.40. The van der Waals surface area contributed by atoms with Gasteiger partial charge in [0.15, 0.2) is 0 Å². The van der Waals surface area contributed by atoms with Gasteiger partial charge in [0.2, 0.25) is 0 Å². The minimum Gasteiger partial charge on any atom is -0.496 e. The molecule has 0 saturated carbocycles. The number of hydrazone groups is 1. The molecular formula is C23H27N5O2. The lowest BCUT2D eigenvalue weighted by Crippen LogP contribution is -2.22. The molecule has 0 aliphatic carbocycles. The number of hydrogen-bond acceptors (Lipinski definition) is 5. The maximum atomic E-state index is 12.8. The number of imidazole rings is 1. The SMILES string of the molecule is COc1ccc(/C(C)=N\NC(=O)c2c(C)nc3ccccn23)cc1CN1CCCC1. The van der Waals surface area contributed by atoms with Crippen LogP contribution >= 0.6 is 0 Å². The van der Waals surface area contributed by atoms with E-state index in [9.17, 15) is 4.79 Å². The smallest absolute Gasteiger partial charge is 0.290 e. The number of ether oxygens (including phenoxy) is 1. The van der Waals surface area contributed by atoms with Crippen molar-refractivity contribution in [3.05, 3.63) is 65.1 Å². The Hall–Kier alpha value is -3.19. The first-order valence-corrected chi connectivity index (χ1v) is 10.2. The molecule has 0 radical (unpaired) electrons. The molecule has 1 saturated heterocycles. The van der Waals surface area contributed by atoms with Crippen molar-refractivity contribution in [2.75, 3.05) is 20.2 Å². The van der Waals surface area contributed by atoms with Crippen LogP contribution in [0, 0.1) is 6.92 Å². The van der Waals surface area contributed by atoms with Crippen molar-refractivity contribution in [2.24, 2.45) is 5.10 Å². The van der Waals surface area contributed by atoms with Crippen molar-refractivity contribution >= 4 is 17.3 Å². The summed E-state index contributed by atoms with van der Waals surface area (Å²) >= 11 is 0. The highest BCUT2D eigenvalue weighted by Gasteiger charge is 2.17. The Bertz CT molecular complexity index is 1100. The van der Waals surface area contributed by atoms with E-state index < -0.39 is 0 Å². The monoisotopic (exact) mass is 405 g/mol. The molecule has 1 amide bonds. The van der Waals surface area contributed by atoms with Gasteiger partial charge < -0.3 is 4.74 Å². The van der Waals surface area contributed by atoms with Crippen LogP contribution < -0.4 is 10.2 Å². The normalized spacial score (nSPS) is 15.0. The molecule has 1 aliphatic heterocycles. The number of carbonyl (C=O) groups is 1. The van der Waals surface area contributed by atoms with E-state index in [0.29, 0.717) is 11.4 Å². The summed E-state index contributed by atoms with van der Waals surface area (Å²) in [5, 5.41) is 4.35. The van der Waals surface area contributed by atoms with Gasteiger partial charge in [-0.05, 0) is 75.7 Å². The van der Waals surface area contributed by atoms with Crippen molar-refractivity contribution in [1.29, 1.82) is 0 Å². The Labute approximate surface area is 176 Å². The summed E-state index contributed by atoms with van der Waals surface area (Å²) < 4.78 is 7.32. The number of benzene rings is 1. The van der Waals surface area contributed by atoms with Gasteiger partial charge in [-0.1, -0.05) is 6.07 Å².